The van der Waals surface area contributed by atoms with Gasteiger partial charge in [0.15, 0.2) is 5.82 Å². The third kappa shape index (κ3) is 8.93. The van der Waals surface area contributed by atoms with Crippen LogP contribution in [-0.4, -0.2) is 51.6 Å². The second-order valence-electron chi connectivity index (χ2n) is 8.86. The number of amides is 1. The number of methoxy groups -OCH3 is 1. The molecule has 0 saturated heterocycles. The monoisotopic (exact) mass is 545 g/mol. The Morgan fingerprint density at radius 1 is 1.23 bits per heavy atom. The molecule has 0 radical (unpaired) electrons. The van der Waals surface area contributed by atoms with E-state index in [1.54, 1.807) is 50.7 Å². The van der Waals surface area contributed by atoms with Gasteiger partial charge in [0.25, 0.3) is 5.91 Å². The van der Waals surface area contributed by atoms with Gasteiger partial charge in [0, 0.05) is 17.2 Å². The maximum atomic E-state index is 12.3. The van der Waals surface area contributed by atoms with E-state index in [1.807, 2.05) is 19.9 Å². The molecule has 1 aliphatic rings. The summed E-state index contributed by atoms with van der Waals surface area (Å²) in [6.07, 6.45) is 5.58. The first-order chi connectivity index (χ1) is 18.7. The van der Waals surface area contributed by atoms with Gasteiger partial charge < -0.3 is 15.2 Å². The summed E-state index contributed by atoms with van der Waals surface area (Å²) in [5, 5.41) is 12.4. The standard InChI is InChI=1S/C21H20N4O3S.C8H11NO/c1-13(21(27)28)15-6-8-16(9-7-15)19(26)24-12-29-20-18(22-2)23-11-17(25-20)10-5-14-3-4-14;1-6-4-7(2)9-5-8(6)10-3/h6-9,11,13-14H,2-4,12H2,1H3,(H,24,26)(H,27,28);4-5H,1-3H3. The van der Waals surface area contributed by atoms with Crippen molar-refractivity contribution >= 4 is 36.2 Å². The molecular formula is C29H31N5O4S. The van der Waals surface area contributed by atoms with Gasteiger partial charge in [-0.25, -0.2) is 15.0 Å². The molecule has 1 unspecified atom stereocenters. The average Bonchev–Trinajstić information content (AvgIpc) is 3.77. The Kier molecular flexibility index (Phi) is 10.6. The number of hydrogen-bond acceptors (Lipinski definition) is 8. The zero-order chi connectivity index (χ0) is 28.4. The lowest BCUT2D eigenvalue weighted by molar-refractivity contribution is -0.138. The smallest absolute Gasteiger partial charge is 0.310 e. The van der Waals surface area contributed by atoms with Crippen LogP contribution in [0.3, 0.4) is 0 Å². The number of benzene rings is 1. The van der Waals surface area contributed by atoms with Crippen molar-refractivity contribution in [1.29, 1.82) is 0 Å². The normalized spacial score (nSPS) is 12.6. The number of carbonyl (C=O) groups excluding carboxylic acids is 1. The predicted molar refractivity (Wildman–Crippen MR) is 152 cm³/mol. The Morgan fingerprint density at radius 2 is 1.95 bits per heavy atom. The van der Waals surface area contributed by atoms with Crippen LogP contribution in [0.5, 0.6) is 5.75 Å². The Bertz CT molecular complexity index is 1400. The highest BCUT2D eigenvalue weighted by Gasteiger charge is 2.18. The van der Waals surface area contributed by atoms with E-state index in [4.69, 9.17) is 9.84 Å². The maximum Gasteiger partial charge on any atom is 0.310 e. The number of nitrogens with one attached hydrogen (secondary N) is 1. The van der Waals surface area contributed by atoms with Crippen molar-refractivity contribution in [2.45, 2.75) is 44.6 Å². The number of ether oxygens (including phenoxy) is 1. The highest BCUT2D eigenvalue weighted by molar-refractivity contribution is 7.99. The molecule has 3 aromatic rings. The predicted octanol–water partition coefficient (Wildman–Crippen LogP) is 4.94. The number of aliphatic carboxylic acids is 1. The molecule has 9 nitrogen and oxygen atoms in total. The summed E-state index contributed by atoms with van der Waals surface area (Å²) in [4.78, 5) is 40.0. The summed E-state index contributed by atoms with van der Waals surface area (Å²) in [6, 6.07) is 8.51. The number of aliphatic imine (C=N–C) groups is 1. The maximum absolute atomic E-state index is 12.3. The second-order valence-corrected chi connectivity index (χ2v) is 9.82. The quantitative estimate of drug-likeness (QED) is 0.176. The molecule has 1 aromatic carbocycles. The number of rotatable bonds is 8. The summed E-state index contributed by atoms with van der Waals surface area (Å²) in [6.45, 7) is 9.07. The number of aryl methyl sites for hydroxylation is 2. The molecule has 2 aromatic heterocycles. The molecule has 202 valence electrons. The molecule has 0 spiro atoms. The molecule has 1 saturated carbocycles. The molecule has 39 heavy (non-hydrogen) atoms. The van der Waals surface area contributed by atoms with Gasteiger partial charge in [-0.15, -0.1) is 0 Å². The van der Waals surface area contributed by atoms with Crippen LogP contribution in [0, 0.1) is 31.6 Å². The first-order valence-electron chi connectivity index (χ1n) is 12.3. The van der Waals surface area contributed by atoms with E-state index >= 15 is 0 Å². The SMILES string of the molecule is C=Nc1ncc(C#CC2CC2)nc1SCNC(=O)c1ccc(C(C)C(=O)O)cc1.COc1cnc(C)cc1C. The number of carboxylic acids is 1. The summed E-state index contributed by atoms with van der Waals surface area (Å²) in [5.74, 6) is 6.34. The number of hydrogen-bond donors (Lipinski definition) is 2. The van der Waals surface area contributed by atoms with E-state index < -0.39 is 11.9 Å². The zero-order valence-electron chi connectivity index (χ0n) is 22.4. The second kappa shape index (κ2) is 14.1. The van der Waals surface area contributed by atoms with Gasteiger partial charge in [-0.1, -0.05) is 29.8 Å². The van der Waals surface area contributed by atoms with Crippen molar-refractivity contribution in [2.24, 2.45) is 10.9 Å². The first kappa shape index (κ1) is 29.3. The zero-order valence-corrected chi connectivity index (χ0v) is 23.2. The van der Waals surface area contributed by atoms with Crippen molar-refractivity contribution in [3.63, 3.8) is 0 Å². The van der Waals surface area contributed by atoms with Crippen molar-refractivity contribution in [3.8, 4) is 17.6 Å². The summed E-state index contributed by atoms with van der Waals surface area (Å²) >= 11 is 1.29. The van der Waals surface area contributed by atoms with E-state index in [-0.39, 0.29) is 11.8 Å². The van der Waals surface area contributed by atoms with Gasteiger partial charge >= 0.3 is 5.97 Å². The third-order valence-electron chi connectivity index (χ3n) is 5.76. The third-order valence-corrected chi connectivity index (χ3v) is 6.59. The van der Waals surface area contributed by atoms with Crippen molar-refractivity contribution in [3.05, 3.63) is 70.8 Å². The lowest BCUT2D eigenvalue weighted by atomic mass is 10.00. The van der Waals surface area contributed by atoms with Crippen LogP contribution >= 0.6 is 11.8 Å². The fourth-order valence-electron chi connectivity index (χ4n) is 3.27. The molecule has 0 bridgehead atoms. The molecular weight excluding hydrogens is 514 g/mol. The Balaban J connectivity index is 0.000000353. The van der Waals surface area contributed by atoms with Crippen LogP contribution in [-0.2, 0) is 4.79 Å². The topological polar surface area (TPSA) is 127 Å². The molecule has 2 heterocycles. The van der Waals surface area contributed by atoms with Gasteiger partial charge in [-0.2, -0.15) is 0 Å². The Morgan fingerprint density at radius 3 is 2.54 bits per heavy atom. The summed E-state index contributed by atoms with van der Waals surface area (Å²) in [5.41, 5.74) is 3.82. The minimum atomic E-state index is -0.907. The van der Waals surface area contributed by atoms with Crippen LogP contribution in [0.25, 0.3) is 0 Å². The molecule has 1 amide bonds. The number of thioether (sulfide) groups is 1. The molecule has 10 heteroatoms. The molecule has 0 aliphatic heterocycles. The lowest BCUT2D eigenvalue weighted by Gasteiger charge is -2.09. The lowest BCUT2D eigenvalue weighted by Crippen LogP contribution is -2.22. The molecule has 1 aliphatic carbocycles. The van der Waals surface area contributed by atoms with Crippen molar-refractivity contribution < 1.29 is 19.4 Å². The number of nitrogens with zero attached hydrogens (tertiary/aromatic N) is 4. The van der Waals surface area contributed by atoms with Gasteiger partial charge in [0.1, 0.15) is 16.5 Å². The van der Waals surface area contributed by atoms with Crippen LogP contribution in [0.2, 0.25) is 0 Å². The molecule has 1 atom stereocenters. The van der Waals surface area contributed by atoms with Crippen LogP contribution in [0.4, 0.5) is 5.82 Å². The van der Waals surface area contributed by atoms with E-state index in [0.29, 0.717) is 33.6 Å². The average molecular weight is 546 g/mol. The largest absolute Gasteiger partial charge is 0.495 e. The Hall–Kier alpha value is -4.23. The minimum Gasteiger partial charge on any atom is -0.495 e. The highest BCUT2D eigenvalue weighted by Crippen LogP contribution is 2.28. The van der Waals surface area contributed by atoms with Crippen LogP contribution in [0.15, 0.2) is 52.7 Å². The van der Waals surface area contributed by atoms with Gasteiger partial charge in [0.2, 0.25) is 0 Å². The molecule has 1 fully saturated rings. The van der Waals surface area contributed by atoms with Gasteiger partial charge in [-0.3, -0.25) is 14.6 Å². The molecule has 4 rings (SSSR count). The molecule has 2 N–H and O–H groups in total. The Labute approximate surface area is 232 Å². The van der Waals surface area contributed by atoms with Gasteiger partial charge in [0.05, 0.1) is 31.3 Å². The van der Waals surface area contributed by atoms with E-state index in [1.165, 1.54) is 11.8 Å². The van der Waals surface area contributed by atoms with E-state index in [2.05, 4.69) is 43.8 Å². The fraction of sp³-hybridized carbons (Fsp3) is 0.310. The summed E-state index contributed by atoms with van der Waals surface area (Å²) in [7, 11) is 1.65. The van der Waals surface area contributed by atoms with Gasteiger partial charge in [-0.05, 0) is 75.6 Å². The number of pyridine rings is 1. The summed E-state index contributed by atoms with van der Waals surface area (Å²) < 4.78 is 5.04. The van der Waals surface area contributed by atoms with Crippen molar-refractivity contribution in [1.82, 2.24) is 20.3 Å². The van der Waals surface area contributed by atoms with Crippen molar-refractivity contribution in [2.75, 3.05) is 13.0 Å². The fourth-order valence-corrected chi connectivity index (χ4v) is 4.02. The van der Waals surface area contributed by atoms with E-state index in [0.717, 1.165) is 29.8 Å². The number of aromatic nitrogens is 3. The van der Waals surface area contributed by atoms with E-state index in [9.17, 15) is 9.59 Å². The highest BCUT2D eigenvalue weighted by atomic mass is 32.2. The van der Waals surface area contributed by atoms with Crippen LogP contribution in [0.1, 0.15) is 58.6 Å². The first-order valence-corrected chi connectivity index (χ1v) is 13.3. The number of carboxylic acid groups (broad SMARTS) is 1. The van der Waals surface area contributed by atoms with Crippen LogP contribution < -0.4 is 10.1 Å². The number of carbonyl (C=O) groups is 2. The minimum absolute atomic E-state index is 0.266.